The zero-order valence-corrected chi connectivity index (χ0v) is 27.2. The molecule has 2 unspecified atom stereocenters. The van der Waals surface area contributed by atoms with E-state index in [1.54, 1.807) is 30.5 Å². The number of thioether (sulfide) groups is 1. The SMILES string of the molecule is C=Cc1c(C(OC2CCCCO2)c2ccc(F)c(C(=N)SC)c2)c(F)cc2c1ccn2[Si](C(C)C)(C(C)C)C(C)C. The number of halogens is 2. The first-order valence-electron chi connectivity index (χ1n) is 14.6. The summed E-state index contributed by atoms with van der Waals surface area (Å²) in [7, 11) is -2.15. The number of hydrogen-bond acceptors (Lipinski definition) is 4. The van der Waals surface area contributed by atoms with Crippen LogP contribution in [0.5, 0.6) is 0 Å². The quantitative estimate of drug-likeness (QED) is 0.144. The van der Waals surface area contributed by atoms with Crippen molar-refractivity contribution in [2.24, 2.45) is 0 Å². The molecule has 3 aromatic rings. The fourth-order valence-corrected chi connectivity index (χ4v) is 14.2. The molecule has 4 nitrogen and oxygen atoms in total. The minimum absolute atomic E-state index is 0.103. The Kier molecular flexibility index (Phi) is 9.99. The highest BCUT2D eigenvalue weighted by molar-refractivity contribution is 8.13. The predicted molar refractivity (Wildman–Crippen MR) is 172 cm³/mol. The predicted octanol–water partition coefficient (Wildman–Crippen LogP) is 9.91. The Morgan fingerprint density at radius 1 is 1.07 bits per heavy atom. The molecular formula is C33H44F2N2O2SSi. The lowest BCUT2D eigenvalue weighted by Crippen LogP contribution is -2.51. The van der Waals surface area contributed by atoms with Gasteiger partial charge in [0, 0.05) is 28.6 Å². The zero-order valence-electron chi connectivity index (χ0n) is 25.4. The molecule has 2 aromatic carbocycles. The Morgan fingerprint density at radius 3 is 2.32 bits per heavy atom. The molecule has 0 bridgehead atoms. The summed E-state index contributed by atoms with van der Waals surface area (Å²) in [5.74, 6) is -0.881. The van der Waals surface area contributed by atoms with Gasteiger partial charge < -0.3 is 13.7 Å². The molecule has 2 heterocycles. The van der Waals surface area contributed by atoms with E-state index in [1.807, 2.05) is 0 Å². The molecule has 41 heavy (non-hydrogen) atoms. The molecule has 0 aliphatic carbocycles. The number of nitrogens with zero attached hydrogens (tertiary/aromatic N) is 1. The van der Waals surface area contributed by atoms with Crippen LogP contribution in [0.4, 0.5) is 8.78 Å². The summed E-state index contributed by atoms with van der Waals surface area (Å²) < 4.78 is 46.2. The van der Waals surface area contributed by atoms with Crippen LogP contribution in [-0.2, 0) is 9.47 Å². The van der Waals surface area contributed by atoms with Gasteiger partial charge in [0.2, 0.25) is 0 Å². The average Bonchev–Trinajstić information content (AvgIpc) is 3.34. The lowest BCUT2D eigenvalue weighted by atomic mass is 9.92. The van der Waals surface area contributed by atoms with Crippen LogP contribution in [0.3, 0.4) is 0 Å². The van der Waals surface area contributed by atoms with Crippen molar-refractivity contribution in [2.45, 2.75) is 89.8 Å². The number of aromatic nitrogens is 1. The van der Waals surface area contributed by atoms with Gasteiger partial charge >= 0.3 is 0 Å². The fraction of sp³-hybridized carbons (Fsp3) is 0.485. The van der Waals surface area contributed by atoms with Crippen LogP contribution < -0.4 is 0 Å². The summed E-state index contributed by atoms with van der Waals surface area (Å²) in [6, 6.07) is 8.30. The van der Waals surface area contributed by atoms with Crippen molar-refractivity contribution in [3.05, 3.63) is 77.0 Å². The van der Waals surface area contributed by atoms with Crippen molar-refractivity contribution < 1.29 is 18.3 Å². The Morgan fingerprint density at radius 2 is 1.76 bits per heavy atom. The minimum atomic E-state index is -2.15. The molecule has 1 aliphatic rings. The molecule has 222 valence electrons. The Hall–Kier alpha value is -2.26. The first-order valence-corrected chi connectivity index (χ1v) is 18.0. The Bertz CT molecular complexity index is 1390. The molecular weight excluding hydrogens is 555 g/mol. The lowest BCUT2D eigenvalue weighted by molar-refractivity contribution is -0.181. The van der Waals surface area contributed by atoms with Crippen molar-refractivity contribution in [3.8, 4) is 0 Å². The molecule has 2 atom stereocenters. The standard InChI is InChI=1S/C33H44F2N2O2SSi/c1-9-24-25-15-16-37(41(20(2)3,21(4)5)22(6)7)29(25)19-28(35)31(24)32(39-30-12-10-11-17-38-30)23-13-14-27(34)26(18-23)33(36)40-8/h9,13-16,18-22,30,32,36H,1,10-12,17H2,2-8H3. The molecule has 1 N–H and O–H groups in total. The van der Waals surface area contributed by atoms with Crippen LogP contribution in [0.1, 0.15) is 89.2 Å². The van der Waals surface area contributed by atoms with Crippen LogP contribution >= 0.6 is 11.8 Å². The molecule has 8 heteroatoms. The summed E-state index contributed by atoms with van der Waals surface area (Å²) in [6.07, 6.45) is 6.81. The van der Waals surface area contributed by atoms with Gasteiger partial charge in [0.25, 0.3) is 0 Å². The normalized spacial score (nSPS) is 17.1. The van der Waals surface area contributed by atoms with Crippen LogP contribution in [-0.4, -0.2) is 36.7 Å². The summed E-state index contributed by atoms with van der Waals surface area (Å²) >= 11 is 1.16. The van der Waals surface area contributed by atoms with Gasteiger partial charge in [-0.1, -0.05) is 60.3 Å². The van der Waals surface area contributed by atoms with E-state index in [-0.39, 0.29) is 10.6 Å². The van der Waals surface area contributed by atoms with E-state index in [1.165, 1.54) is 6.07 Å². The smallest absolute Gasteiger partial charge is 0.169 e. The van der Waals surface area contributed by atoms with Crippen LogP contribution in [0, 0.1) is 17.0 Å². The lowest BCUT2D eigenvalue weighted by Gasteiger charge is -2.44. The molecule has 0 amide bonds. The van der Waals surface area contributed by atoms with Crippen LogP contribution in [0.2, 0.25) is 16.6 Å². The fourth-order valence-electron chi connectivity index (χ4n) is 7.22. The topological polar surface area (TPSA) is 47.2 Å². The second kappa shape index (κ2) is 12.9. The monoisotopic (exact) mass is 598 g/mol. The highest BCUT2D eigenvalue weighted by Crippen LogP contribution is 2.46. The molecule has 1 aromatic heterocycles. The number of fused-ring (bicyclic) bond motifs is 1. The van der Waals surface area contributed by atoms with E-state index in [2.05, 4.69) is 64.6 Å². The molecule has 0 radical (unpaired) electrons. The van der Waals surface area contributed by atoms with Gasteiger partial charge in [-0.2, -0.15) is 0 Å². The second-order valence-corrected chi connectivity index (χ2v) is 18.5. The van der Waals surface area contributed by atoms with E-state index < -0.39 is 32.3 Å². The number of rotatable bonds is 10. The third-order valence-corrected chi connectivity index (χ3v) is 16.3. The summed E-state index contributed by atoms with van der Waals surface area (Å²) in [5, 5.41) is 9.30. The van der Waals surface area contributed by atoms with E-state index >= 15 is 4.39 Å². The number of hydrogen-bond donors (Lipinski definition) is 1. The van der Waals surface area contributed by atoms with Crippen molar-refractivity contribution in [2.75, 3.05) is 12.9 Å². The second-order valence-electron chi connectivity index (χ2n) is 11.9. The summed E-state index contributed by atoms with van der Waals surface area (Å²) in [4.78, 5) is 0. The van der Waals surface area contributed by atoms with Crippen LogP contribution in [0.25, 0.3) is 17.0 Å². The summed E-state index contributed by atoms with van der Waals surface area (Å²) in [6.45, 7) is 18.5. The van der Waals surface area contributed by atoms with E-state index in [4.69, 9.17) is 14.9 Å². The Labute approximate surface area is 249 Å². The molecule has 0 saturated carbocycles. The molecule has 0 spiro atoms. The van der Waals surface area contributed by atoms with Gasteiger partial charge in [-0.05, 0) is 83.7 Å². The van der Waals surface area contributed by atoms with Crippen LogP contribution in [0.15, 0.2) is 43.1 Å². The van der Waals surface area contributed by atoms with E-state index in [0.29, 0.717) is 46.3 Å². The number of nitrogens with one attached hydrogen (secondary N) is 1. The van der Waals surface area contributed by atoms with Crippen molar-refractivity contribution >= 4 is 42.0 Å². The Balaban J connectivity index is 1.98. The maximum absolute atomic E-state index is 16.6. The van der Waals surface area contributed by atoms with Gasteiger partial charge in [-0.3, -0.25) is 5.41 Å². The van der Waals surface area contributed by atoms with Crippen molar-refractivity contribution in [1.82, 2.24) is 4.23 Å². The molecule has 1 aliphatic heterocycles. The number of ether oxygens (including phenoxy) is 2. The van der Waals surface area contributed by atoms with Gasteiger partial charge in [0.15, 0.2) is 14.5 Å². The molecule has 4 rings (SSSR count). The number of benzene rings is 2. The van der Waals surface area contributed by atoms with Gasteiger partial charge in [-0.25, -0.2) is 8.78 Å². The maximum Gasteiger partial charge on any atom is 0.169 e. The average molecular weight is 599 g/mol. The molecule has 1 fully saturated rings. The highest BCUT2D eigenvalue weighted by Gasteiger charge is 2.46. The minimum Gasteiger partial charge on any atom is -0.373 e. The highest BCUT2D eigenvalue weighted by atomic mass is 32.2. The van der Waals surface area contributed by atoms with Gasteiger partial charge in [-0.15, -0.1) is 11.8 Å². The third-order valence-electron chi connectivity index (χ3n) is 8.85. The van der Waals surface area contributed by atoms with Gasteiger partial charge in [0.1, 0.15) is 17.7 Å². The van der Waals surface area contributed by atoms with Crippen molar-refractivity contribution in [1.29, 1.82) is 5.41 Å². The zero-order chi connectivity index (χ0) is 30.1. The van der Waals surface area contributed by atoms with Gasteiger partial charge in [0.05, 0.1) is 5.04 Å². The third kappa shape index (κ3) is 5.73. The van der Waals surface area contributed by atoms with E-state index in [9.17, 15) is 4.39 Å². The first kappa shape index (κ1) is 31.7. The van der Waals surface area contributed by atoms with Crippen molar-refractivity contribution in [3.63, 3.8) is 0 Å². The summed E-state index contributed by atoms with van der Waals surface area (Å²) in [5.41, 5.74) is 3.97. The maximum atomic E-state index is 16.6. The molecule has 1 saturated heterocycles. The largest absolute Gasteiger partial charge is 0.373 e. The van der Waals surface area contributed by atoms with E-state index in [0.717, 1.165) is 35.5 Å². The first-order chi connectivity index (χ1) is 19.5.